The summed E-state index contributed by atoms with van der Waals surface area (Å²) < 4.78 is 33.5. The fourth-order valence-corrected chi connectivity index (χ4v) is 2.17. The van der Waals surface area contributed by atoms with Crippen LogP contribution in [-0.4, -0.2) is 48.1 Å². The Morgan fingerprint density at radius 2 is 1.83 bits per heavy atom. The van der Waals surface area contributed by atoms with Crippen molar-refractivity contribution in [1.29, 1.82) is 0 Å². The van der Waals surface area contributed by atoms with E-state index in [9.17, 15) is 18.4 Å². The molecule has 142 valence electrons. The maximum Gasteiger partial charge on any atom is 0.410 e. The van der Waals surface area contributed by atoms with Gasteiger partial charge in [-0.2, -0.15) is 0 Å². The molecule has 1 fully saturated rings. The molecule has 0 aromatic rings. The van der Waals surface area contributed by atoms with E-state index >= 15 is 0 Å². The van der Waals surface area contributed by atoms with Crippen molar-refractivity contribution in [2.24, 2.45) is 11.8 Å². The number of amides is 2. The molecule has 0 aromatic carbocycles. The molecule has 0 saturated carbocycles. The van der Waals surface area contributed by atoms with Crippen LogP contribution in [0.5, 0.6) is 0 Å². The topological polar surface area (TPSA) is 58.6 Å². The minimum atomic E-state index is -3.25. The van der Waals surface area contributed by atoms with Gasteiger partial charge in [0.1, 0.15) is 11.5 Å². The van der Waals surface area contributed by atoms with Crippen molar-refractivity contribution in [3.8, 4) is 0 Å². The van der Waals surface area contributed by atoms with Crippen LogP contribution in [0.15, 0.2) is 0 Å². The number of rotatable bonds is 3. The second kappa shape index (κ2) is 9.18. The molecule has 1 heterocycles. The molecule has 5 nitrogen and oxygen atoms in total. The highest BCUT2D eigenvalue weighted by Crippen LogP contribution is 2.33. The third-order valence-electron chi connectivity index (χ3n) is 3.25. The molecule has 0 aliphatic carbocycles. The maximum atomic E-state index is 14.2. The van der Waals surface area contributed by atoms with Gasteiger partial charge in [0.25, 0.3) is 5.92 Å². The van der Waals surface area contributed by atoms with E-state index in [-0.39, 0.29) is 18.9 Å². The van der Waals surface area contributed by atoms with Crippen molar-refractivity contribution in [3.05, 3.63) is 0 Å². The molecule has 24 heavy (non-hydrogen) atoms. The quantitative estimate of drug-likeness (QED) is 0.845. The van der Waals surface area contributed by atoms with E-state index in [1.165, 1.54) is 0 Å². The smallest absolute Gasteiger partial charge is 0.410 e. The predicted octanol–water partition coefficient (Wildman–Crippen LogP) is 3.68. The Morgan fingerprint density at radius 3 is 2.25 bits per heavy atom. The molecule has 7 heteroatoms. The van der Waals surface area contributed by atoms with E-state index in [2.05, 4.69) is 5.32 Å². The van der Waals surface area contributed by atoms with Gasteiger partial charge in [0.2, 0.25) is 5.91 Å². The minimum Gasteiger partial charge on any atom is -0.444 e. The number of nitrogens with zero attached hydrogens (tertiary/aromatic N) is 1. The van der Waals surface area contributed by atoms with Crippen LogP contribution in [0.1, 0.15) is 54.9 Å². The van der Waals surface area contributed by atoms with Crippen molar-refractivity contribution in [2.45, 2.75) is 66.4 Å². The van der Waals surface area contributed by atoms with Gasteiger partial charge in [0.05, 0.1) is 6.54 Å². The summed E-state index contributed by atoms with van der Waals surface area (Å²) in [5.41, 5.74) is -0.738. The number of carbonyl (C=O) groups is 2. The summed E-state index contributed by atoms with van der Waals surface area (Å²) in [7, 11) is 0. The molecular formula is C17H32F2N2O3. The fraction of sp³-hybridized carbons (Fsp3) is 0.882. The predicted molar refractivity (Wildman–Crippen MR) is 90.1 cm³/mol. The van der Waals surface area contributed by atoms with Crippen molar-refractivity contribution >= 4 is 12.0 Å². The van der Waals surface area contributed by atoms with Gasteiger partial charge in [0.15, 0.2) is 0 Å². The number of piperidine rings is 1. The number of hydrogen-bond donors (Lipinski definition) is 1. The molecule has 1 atom stereocenters. The number of ether oxygens (including phenoxy) is 1. The molecule has 1 saturated heterocycles. The highest BCUT2D eigenvalue weighted by atomic mass is 19.3. The standard InChI is InChI=1S/C15H26F2N2O3.C2H6/c1-10(2)8-18-12(20)11-6-7-19(9-15(11,16)17)13(21)22-14(3,4)5;1-2/h10-11H,6-9H2,1-5H3,(H,18,20);1-2H3. The number of halogens is 2. The summed E-state index contributed by atoms with van der Waals surface area (Å²) in [6.45, 7) is 12.5. The van der Waals surface area contributed by atoms with Crippen LogP contribution in [-0.2, 0) is 9.53 Å². The summed E-state index contributed by atoms with van der Waals surface area (Å²) in [5.74, 6) is -5.11. The van der Waals surface area contributed by atoms with Crippen molar-refractivity contribution in [1.82, 2.24) is 10.2 Å². The van der Waals surface area contributed by atoms with Gasteiger partial charge >= 0.3 is 6.09 Å². The van der Waals surface area contributed by atoms with E-state index < -0.39 is 36.0 Å². The van der Waals surface area contributed by atoms with Crippen LogP contribution < -0.4 is 5.32 Å². The Hall–Kier alpha value is -1.40. The van der Waals surface area contributed by atoms with E-state index in [1.807, 2.05) is 27.7 Å². The zero-order valence-electron chi connectivity index (χ0n) is 15.9. The molecule has 2 amide bonds. The molecule has 0 bridgehead atoms. The van der Waals surface area contributed by atoms with E-state index in [1.54, 1.807) is 20.8 Å². The van der Waals surface area contributed by atoms with Crippen LogP contribution in [0.3, 0.4) is 0 Å². The third kappa shape index (κ3) is 7.45. The van der Waals surface area contributed by atoms with Crippen LogP contribution >= 0.6 is 0 Å². The van der Waals surface area contributed by atoms with Gasteiger partial charge in [0, 0.05) is 13.1 Å². The number of carbonyl (C=O) groups excluding carboxylic acids is 2. The van der Waals surface area contributed by atoms with Crippen molar-refractivity contribution < 1.29 is 23.1 Å². The van der Waals surface area contributed by atoms with Crippen LogP contribution in [0.25, 0.3) is 0 Å². The summed E-state index contributed by atoms with van der Waals surface area (Å²) in [5, 5.41) is 2.54. The lowest BCUT2D eigenvalue weighted by molar-refractivity contribution is -0.150. The number of hydrogen-bond acceptors (Lipinski definition) is 3. The lowest BCUT2D eigenvalue weighted by atomic mass is 9.92. The molecule has 0 spiro atoms. The van der Waals surface area contributed by atoms with Crippen LogP contribution in [0.4, 0.5) is 13.6 Å². The second-order valence-corrected chi connectivity index (χ2v) is 7.14. The fourth-order valence-electron chi connectivity index (χ4n) is 2.17. The largest absolute Gasteiger partial charge is 0.444 e. The van der Waals surface area contributed by atoms with E-state index in [0.717, 1.165) is 4.90 Å². The van der Waals surface area contributed by atoms with Gasteiger partial charge in [-0.3, -0.25) is 4.79 Å². The molecule has 1 rings (SSSR count). The molecule has 0 radical (unpaired) electrons. The molecule has 1 aliphatic rings. The number of likely N-dealkylation sites (tertiary alicyclic amines) is 1. The minimum absolute atomic E-state index is 0.0732. The Morgan fingerprint density at radius 1 is 1.29 bits per heavy atom. The van der Waals surface area contributed by atoms with Gasteiger partial charge in [-0.15, -0.1) is 0 Å². The average molecular weight is 350 g/mol. The molecule has 1 N–H and O–H groups in total. The third-order valence-corrected chi connectivity index (χ3v) is 3.25. The summed E-state index contributed by atoms with van der Waals surface area (Å²) in [6.07, 6.45) is -0.843. The Balaban J connectivity index is 0.00000254. The Labute approximate surface area is 144 Å². The van der Waals surface area contributed by atoms with Crippen LogP contribution in [0.2, 0.25) is 0 Å². The Bertz CT molecular complexity index is 421. The molecule has 0 aromatic heterocycles. The van der Waals surface area contributed by atoms with E-state index in [4.69, 9.17) is 4.74 Å². The van der Waals surface area contributed by atoms with Crippen molar-refractivity contribution in [3.63, 3.8) is 0 Å². The average Bonchev–Trinajstić information content (AvgIpc) is 2.44. The second-order valence-electron chi connectivity index (χ2n) is 7.14. The maximum absolute atomic E-state index is 14.2. The first-order valence-electron chi connectivity index (χ1n) is 8.56. The Kier molecular flexibility index (Phi) is 8.64. The van der Waals surface area contributed by atoms with Gasteiger partial charge in [-0.1, -0.05) is 27.7 Å². The normalized spacial score (nSPS) is 20.1. The zero-order chi connectivity index (χ0) is 19.1. The van der Waals surface area contributed by atoms with Crippen molar-refractivity contribution in [2.75, 3.05) is 19.6 Å². The highest BCUT2D eigenvalue weighted by Gasteiger charge is 2.50. The first-order valence-corrected chi connectivity index (χ1v) is 8.56. The summed E-state index contributed by atoms with van der Waals surface area (Å²) in [4.78, 5) is 24.7. The number of nitrogens with one attached hydrogen (secondary N) is 1. The monoisotopic (exact) mass is 350 g/mol. The highest BCUT2D eigenvalue weighted by molar-refractivity contribution is 5.80. The first-order chi connectivity index (χ1) is 10.9. The summed E-state index contributed by atoms with van der Waals surface area (Å²) >= 11 is 0. The lowest BCUT2D eigenvalue weighted by Crippen LogP contribution is -2.55. The molecular weight excluding hydrogens is 318 g/mol. The SMILES string of the molecule is CC.CC(C)CNC(=O)C1CCN(C(=O)OC(C)(C)C)CC1(F)F. The van der Waals surface area contributed by atoms with E-state index in [0.29, 0.717) is 6.54 Å². The van der Waals surface area contributed by atoms with Gasteiger partial charge in [-0.05, 0) is 33.1 Å². The van der Waals surface area contributed by atoms with Crippen LogP contribution in [0, 0.1) is 11.8 Å². The molecule has 1 unspecified atom stereocenters. The van der Waals surface area contributed by atoms with Gasteiger partial charge < -0.3 is 15.0 Å². The molecule has 1 aliphatic heterocycles. The first kappa shape index (κ1) is 22.6. The number of alkyl halides is 2. The summed E-state index contributed by atoms with van der Waals surface area (Å²) in [6, 6.07) is 0. The van der Waals surface area contributed by atoms with Gasteiger partial charge in [-0.25, -0.2) is 13.6 Å². The lowest BCUT2D eigenvalue weighted by Gasteiger charge is -2.38. The zero-order valence-corrected chi connectivity index (χ0v) is 15.9.